The number of Topliss-reactive ketones (excluding diaryl/α,β-unsaturated/α-hetero) is 1. The molecule has 0 aliphatic carbocycles. The van der Waals surface area contributed by atoms with E-state index in [1.807, 2.05) is 26.8 Å². The molecule has 12 heteroatoms. The molecule has 1 heterocycles. The van der Waals surface area contributed by atoms with E-state index in [0.29, 0.717) is 25.2 Å². The van der Waals surface area contributed by atoms with Crippen LogP contribution in [0.25, 0.3) is 5.57 Å². The fourth-order valence-electron chi connectivity index (χ4n) is 5.24. The first-order valence-corrected chi connectivity index (χ1v) is 14.6. The van der Waals surface area contributed by atoms with Gasteiger partial charge in [0.25, 0.3) is 5.91 Å². The quantitative estimate of drug-likeness (QED) is 0.146. The Morgan fingerprint density at radius 2 is 1.73 bits per heavy atom. The molecule has 1 aliphatic rings. The predicted molar refractivity (Wildman–Crippen MR) is 160 cm³/mol. The Hall–Kier alpha value is -3.45. The number of nitrogens with zero attached hydrogens (tertiary/aromatic N) is 1. The van der Waals surface area contributed by atoms with Crippen molar-refractivity contribution in [3.05, 3.63) is 41.5 Å². The highest BCUT2D eigenvalue weighted by atomic mass is 16.6. The Balaban J connectivity index is 2.38. The van der Waals surface area contributed by atoms with Crippen LogP contribution in [0.3, 0.4) is 0 Å². The third-order valence-electron chi connectivity index (χ3n) is 6.97. The minimum absolute atomic E-state index is 0.0419. The third-order valence-corrected chi connectivity index (χ3v) is 6.97. The SMILES string of the molecule is CO[C@H](C(=O)N1C(=O)OC(C)(C)[C@@H]1C(C)C)[C@H](OC(C)=O)C(=O)C=C(C(=O)CCCOCCOCCO)c1cccc(C)c1. The van der Waals surface area contributed by atoms with Crippen molar-refractivity contribution in [3.8, 4) is 0 Å². The van der Waals surface area contributed by atoms with Crippen LogP contribution in [0, 0.1) is 12.8 Å². The summed E-state index contributed by atoms with van der Waals surface area (Å²) in [7, 11) is 1.16. The maximum absolute atomic E-state index is 13.8. The van der Waals surface area contributed by atoms with E-state index in [0.717, 1.165) is 30.6 Å². The maximum Gasteiger partial charge on any atom is 0.417 e. The molecule has 0 saturated carbocycles. The number of allylic oxidation sites excluding steroid dienone is 1. The van der Waals surface area contributed by atoms with E-state index < -0.39 is 47.6 Å². The van der Waals surface area contributed by atoms with Gasteiger partial charge in [-0.3, -0.25) is 19.2 Å². The summed E-state index contributed by atoms with van der Waals surface area (Å²) in [6, 6.07) is 6.30. The molecule has 0 radical (unpaired) electrons. The number of esters is 1. The van der Waals surface area contributed by atoms with Crippen LogP contribution in [-0.2, 0) is 42.9 Å². The molecule has 44 heavy (non-hydrogen) atoms. The van der Waals surface area contributed by atoms with Crippen molar-refractivity contribution in [1.82, 2.24) is 4.90 Å². The summed E-state index contributed by atoms with van der Waals surface area (Å²) < 4.78 is 26.8. The predicted octanol–water partition coefficient (Wildman–Crippen LogP) is 3.05. The van der Waals surface area contributed by atoms with Crippen molar-refractivity contribution >= 4 is 35.1 Å². The Kier molecular flexibility index (Phi) is 14.3. The second-order valence-corrected chi connectivity index (χ2v) is 11.4. The van der Waals surface area contributed by atoms with Crippen LogP contribution in [0.4, 0.5) is 4.79 Å². The number of methoxy groups -OCH3 is 1. The molecule has 1 aliphatic heterocycles. The molecule has 0 unspecified atom stereocenters. The van der Waals surface area contributed by atoms with Crippen LogP contribution < -0.4 is 0 Å². The molecule has 0 bridgehead atoms. The summed E-state index contributed by atoms with van der Waals surface area (Å²) >= 11 is 0. The maximum atomic E-state index is 13.8. The van der Waals surface area contributed by atoms with E-state index in [-0.39, 0.29) is 43.5 Å². The molecule has 1 N–H and O–H groups in total. The van der Waals surface area contributed by atoms with Gasteiger partial charge in [-0.25, -0.2) is 9.69 Å². The minimum Gasteiger partial charge on any atom is -0.451 e. The van der Waals surface area contributed by atoms with Gasteiger partial charge in [-0.05, 0) is 44.7 Å². The summed E-state index contributed by atoms with van der Waals surface area (Å²) in [5.74, 6) is -3.20. The van der Waals surface area contributed by atoms with Crippen LogP contribution in [-0.4, -0.2) is 104 Å². The van der Waals surface area contributed by atoms with E-state index in [1.165, 1.54) is 0 Å². The second-order valence-electron chi connectivity index (χ2n) is 11.4. The number of imide groups is 1. The number of hydrogen-bond acceptors (Lipinski definition) is 11. The fraction of sp³-hybridized carbons (Fsp3) is 0.594. The second kappa shape index (κ2) is 17.1. The lowest BCUT2D eigenvalue weighted by Crippen LogP contribution is -2.55. The number of cyclic esters (lactones) is 1. The van der Waals surface area contributed by atoms with Crippen LogP contribution in [0.5, 0.6) is 0 Å². The smallest absolute Gasteiger partial charge is 0.417 e. The first-order chi connectivity index (χ1) is 20.7. The van der Waals surface area contributed by atoms with Crippen molar-refractivity contribution in [2.24, 2.45) is 5.92 Å². The number of aliphatic hydroxyl groups excluding tert-OH is 1. The normalized spacial score (nSPS) is 17.8. The van der Waals surface area contributed by atoms with Gasteiger partial charge >= 0.3 is 12.1 Å². The van der Waals surface area contributed by atoms with Gasteiger partial charge in [0, 0.05) is 32.6 Å². The third kappa shape index (κ3) is 10.0. The highest BCUT2D eigenvalue weighted by molar-refractivity contribution is 6.25. The van der Waals surface area contributed by atoms with Gasteiger partial charge in [-0.2, -0.15) is 0 Å². The molecule has 244 valence electrons. The molecule has 0 spiro atoms. The Labute approximate surface area is 258 Å². The number of benzene rings is 1. The van der Waals surface area contributed by atoms with Crippen LogP contribution in [0.15, 0.2) is 30.3 Å². The fourth-order valence-corrected chi connectivity index (χ4v) is 5.24. The van der Waals surface area contributed by atoms with Crippen molar-refractivity contribution in [1.29, 1.82) is 0 Å². The number of aryl methyl sites for hydroxylation is 1. The molecule has 1 aromatic carbocycles. The molecule has 1 fully saturated rings. The lowest BCUT2D eigenvalue weighted by Gasteiger charge is -2.33. The molecule has 12 nitrogen and oxygen atoms in total. The molecule has 2 amide bonds. The highest BCUT2D eigenvalue weighted by Crippen LogP contribution is 2.35. The van der Waals surface area contributed by atoms with Gasteiger partial charge in [-0.15, -0.1) is 0 Å². The van der Waals surface area contributed by atoms with Gasteiger partial charge in [0.05, 0.1) is 32.5 Å². The minimum atomic E-state index is -1.79. The van der Waals surface area contributed by atoms with E-state index in [2.05, 4.69) is 0 Å². The molecule has 1 aromatic rings. The van der Waals surface area contributed by atoms with Gasteiger partial charge in [0.15, 0.2) is 23.8 Å². The van der Waals surface area contributed by atoms with Crippen LogP contribution in [0.1, 0.15) is 58.6 Å². The first-order valence-electron chi connectivity index (χ1n) is 14.6. The van der Waals surface area contributed by atoms with E-state index in [4.69, 9.17) is 28.8 Å². The van der Waals surface area contributed by atoms with E-state index >= 15 is 0 Å². The summed E-state index contributed by atoms with van der Waals surface area (Å²) in [4.78, 5) is 66.8. The Morgan fingerprint density at radius 3 is 2.30 bits per heavy atom. The van der Waals surface area contributed by atoms with Gasteiger partial charge in [-0.1, -0.05) is 43.7 Å². The average molecular weight is 620 g/mol. The zero-order chi connectivity index (χ0) is 33.0. The summed E-state index contributed by atoms with van der Waals surface area (Å²) in [6.07, 6.45) is -2.93. The van der Waals surface area contributed by atoms with E-state index in [1.54, 1.807) is 32.0 Å². The number of rotatable bonds is 18. The largest absolute Gasteiger partial charge is 0.451 e. The van der Waals surface area contributed by atoms with Crippen molar-refractivity contribution in [2.45, 2.75) is 78.2 Å². The molecule has 2 rings (SSSR count). The van der Waals surface area contributed by atoms with E-state index in [9.17, 15) is 24.0 Å². The number of ketones is 2. The molecule has 1 saturated heterocycles. The number of ether oxygens (including phenoxy) is 5. The monoisotopic (exact) mass is 619 g/mol. The first kappa shape index (κ1) is 36.7. The van der Waals surface area contributed by atoms with Gasteiger partial charge in [0.1, 0.15) is 5.60 Å². The number of hydrogen-bond donors (Lipinski definition) is 1. The average Bonchev–Trinajstić information content (AvgIpc) is 3.20. The Morgan fingerprint density at radius 1 is 1.07 bits per heavy atom. The number of carbonyl (C=O) groups excluding carboxylic acids is 5. The molecular formula is C32H45NO11. The summed E-state index contributed by atoms with van der Waals surface area (Å²) in [6.45, 7) is 10.9. The molecular weight excluding hydrogens is 574 g/mol. The van der Waals surface area contributed by atoms with Crippen molar-refractivity contribution in [2.75, 3.05) is 40.1 Å². The summed E-state index contributed by atoms with van der Waals surface area (Å²) in [5.41, 5.74) is 0.358. The molecule has 3 atom stereocenters. The number of amides is 2. The topological polar surface area (TPSA) is 155 Å². The lowest BCUT2D eigenvalue weighted by atomic mass is 9.88. The zero-order valence-electron chi connectivity index (χ0n) is 26.6. The van der Waals surface area contributed by atoms with Crippen LogP contribution >= 0.6 is 0 Å². The lowest BCUT2D eigenvalue weighted by molar-refractivity contribution is -0.166. The van der Waals surface area contributed by atoms with Crippen molar-refractivity contribution in [3.63, 3.8) is 0 Å². The Bertz CT molecular complexity index is 1210. The van der Waals surface area contributed by atoms with Gasteiger partial charge in [0.2, 0.25) is 0 Å². The highest BCUT2D eigenvalue weighted by Gasteiger charge is 2.54. The summed E-state index contributed by atoms with van der Waals surface area (Å²) in [5, 5.41) is 8.75. The number of carbonyl (C=O) groups is 5. The van der Waals surface area contributed by atoms with Crippen LogP contribution in [0.2, 0.25) is 0 Å². The molecule has 0 aromatic heterocycles. The standard InChI is InChI=1S/C32H45NO11/c1-20(2)29-32(5,6)44-31(39)33(29)30(38)28(40-7)27(43-22(4)35)26(37)19-24(23-11-8-10-21(3)18-23)25(36)12-9-14-41-16-17-42-15-13-34/h8,10-11,18-20,27-29,34H,9,12-17H2,1-7H3/t27-,28+,29+/m1/s1. The van der Waals surface area contributed by atoms with Crippen molar-refractivity contribution < 1.29 is 52.8 Å². The zero-order valence-corrected chi connectivity index (χ0v) is 26.6. The van der Waals surface area contributed by atoms with Gasteiger partial charge < -0.3 is 28.8 Å². The number of aliphatic hydroxyl groups is 1.